The zero-order valence-electron chi connectivity index (χ0n) is 12.3. The van der Waals surface area contributed by atoms with Crippen LogP contribution in [0, 0.1) is 0 Å². The Balaban J connectivity index is 2.36. The van der Waals surface area contributed by atoms with Gasteiger partial charge in [-0.3, -0.25) is 19.8 Å². The number of nitrogens with zero attached hydrogens (tertiary/aromatic N) is 2. The summed E-state index contributed by atoms with van der Waals surface area (Å²) >= 11 is 0. The number of amides is 1. The van der Waals surface area contributed by atoms with E-state index in [0.29, 0.717) is 12.4 Å². The van der Waals surface area contributed by atoms with Crippen molar-refractivity contribution in [3.05, 3.63) is 11.8 Å². The predicted octanol–water partition coefficient (Wildman–Crippen LogP) is 1.23. The summed E-state index contributed by atoms with van der Waals surface area (Å²) < 4.78 is 9.56. The van der Waals surface area contributed by atoms with Crippen LogP contribution >= 0.6 is 0 Å². The van der Waals surface area contributed by atoms with Crippen LogP contribution in [0.25, 0.3) is 0 Å². The third-order valence-corrected chi connectivity index (χ3v) is 2.72. The van der Waals surface area contributed by atoms with Gasteiger partial charge in [-0.15, -0.1) is 0 Å². The molecule has 112 valence electrons. The van der Waals surface area contributed by atoms with Gasteiger partial charge in [-0.25, -0.2) is 0 Å². The molecule has 0 fully saturated rings. The Hall–Kier alpha value is -1.89. The Morgan fingerprint density at radius 2 is 2.20 bits per heavy atom. The second-order valence-electron chi connectivity index (χ2n) is 4.88. The molecule has 0 spiro atoms. The van der Waals surface area contributed by atoms with Crippen molar-refractivity contribution in [2.24, 2.45) is 0 Å². The largest absolute Gasteiger partial charge is 0.469 e. The lowest BCUT2D eigenvalue weighted by atomic mass is 10.1. The molecule has 1 aromatic rings. The van der Waals surface area contributed by atoms with Gasteiger partial charge in [0.15, 0.2) is 0 Å². The molecule has 1 heterocycles. The summed E-state index contributed by atoms with van der Waals surface area (Å²) in [5.41, 5.74) is 0.791. The Morgan fingerprint density at radius 1 is 1.50 bits per heavy atom. The highest BCUT2D eigenvalue weighted by Gasteiger charge is 2.12. The molecule has 1 aromatic heterocycles. The average molecular weight is 283 g/mol. The lowest BCUT2D eigenvalue weighted by Gasteiger charge is -2.14. The highest BCUT2D eigenvalue weighted by atomic mass is 16.5. The van der Waals surface area contributed by atoms with Crippen molar-refractivity contribution in [1.82, 2.24) is 10.1 Å². The van der Waals surface area contributed by atoms with Gasteiger partial charge in [0.2, 0.25) is 11.8 Å². The molecule has 0 aliphatic heterocycles. The lowest BCUT2D eigenvalue weighted by molar-refractivity contribution is -0.141. The second-order valence-corrected chi connectivity index (χ2v) is 4.88. The summed E-state index contributed by atoms with van der Waals surface area (Å²) in [4.78, 5) is 24.5. The SMILES string of the molecule is COC(=O)CCN(C)CC(=O)Nc1cc(C(C)C)no1. The number of ether oxygens (including phenoxy) is 1. The Labute approximate surface area is 118 Å². The first-order valence-electron chi connectivity index (χ1n) is 6.44. The van der Waals surface area contributed by atoms with Gasteiger partial charge < -0.3 is 9.26 Å². The first-order chi connectivity index (χ1) is 9.42. The molecule has 0 aliphatic rings. The van der Waals surface area contributed by atoms with Gasteiger partial charge in [0.25, 0.3) is 0 Å². The van der Waals surface area contributed by atoms with Gasteiger partial charge in [0, 0.05) is 12.6 Å². The Morgan fingerprint density at radius 3 is 2.75 bits per heavy atom. The standard InChI is InChI=1S/C13H21N3O4/c1-9(2)10-7-12(20-15-10)14-11(17)8-16(3)6-5-13(18)19-4/h7,9H,5-6,8H2,1-4H3,(H,14,17). The van der Waals surface area contributed by atoms with Crippen LogP contribution in [0.3, 0.4) is 0 Å². The highest BCUT2D eigenvalue weighted by molar-refractivity contribution is 5.91. The maximum Gasteiger partial charge on any atom is 0.306 e. The third kappa shape index (κ3) is 5.40. The number of methoxy groups -OCH3 is 1. The Bertz CT molecular complexity index is 456. The molecular weight excluding hydrogens is 262 g/mol. The fourth-order valence-electron chi connectivity index (χ4n) is 1.51. The van der Waals surface area contributed by atoms with Crippen molar-refractivity contribution >= 4 is 17.8 Å². The molecule has 1 N–H and O–H groups in total. The minimum Gasteiger partial charge on any atom is -0.469 e. The van der Waals surface area contributed by atoms with Crippen molar-refractivity contribution in [2.75, 3.05) is 32.6 Å². The molecule has 20 heavy (non-hydrogen) atoms. The van der Waals surface area contributed by atoms with Gasteiger partial charge in [0.1, 0.15) is 0 Å². The lowest BCUT2D eigenvalue weighted by Crippen LogP contribution is -2.31. The van der Waals surface area contributed by atoms with E-state index in [4.69, 9.17) is 4.52 Å². The summed E-state index contributed by atoms with van der Waals surface area (Å²) in [7, 11) is 3.09. The molecule has 0 saturated carbocycles. The van der Waals surface area contributed by atoms with Crippen molar-refractivity contribution < 1.29 is 18.8 Å². The minimum atomic E-state index is -0.297. The van der Waals surface area contributed by atoms with Crippen LogP contribution < -0.4 is 5.32 Å². The molecule has 0 saturated heterocycles. The zero-order valence-corrected chi connectivity index (χ0v) is 12.3. The number of carbonyl (C=O) groups excluding carboxylic acids is 2. The topological polar surface area (TPSA) is 84.7 Å². The van der Waals surface area contributed by atoms with E-state index < -0.39 is 0 Å². The molecule has 0 bridgehead atoms. The summed E-state index contributed by atoms with van der Waals surface area (Å²) in [6.45, 7) is 4.59. The summed E-state index contributed by atoms with van der Waals surface area (Å²) in [5.74, 6) is 0.0603. The minimum absolute atomic E-state index is 0.161. The van der Waals surface area contributed by atoms with E-state index in [1.807, 2.05) is 13.8 Å². The summed E-state index contributed by atoms with van der Waals surface area (Å²) in [5, 5.41) is 6.48. The molecule has 0 radical (unpaired) electrons. The zero-order chi connectivity index (χ0) is 15.1. The van der Waals surface area contributed by atoms with Gasteiger partial charge in [-0.1, -0.05) is 19.0 Å². The molecule has 1 rings (SSSR count). The first-order valence-corrected chi connectivity index (χ1v) is 6.44. The van der Waals surface area contributed by atoms with E-state index in [9.17, 15) is 9.59 Å². The predicted molar refractivity (Wildman–Crippen MR) is 73.4 cm³/mol. The maximum absolute atomic E-state index is 11.8. The number of aromatic nitrogens is 1. The molecule has 7 nitrogen and oxygen atoms in total. The average Bonchev–Trinajstić information content (AvgIpc) is 2.84. The molecule has 7 heteroatoms. The van der Waals surface area contributed by atoms with Crippen LogP contribution in [0.2, 0.25) is 0 Å². The number of carbonyl (C=O) groups is 2. The van der Waals surface area contributed by atoms with E-state index in [-0.39, 0.29) is 30.8 Å². The van der Waals surface area contributed by atoms with E-state index in [1.165, 1.54) is 7.11 Å². The fraction of sp³-hybridized carbons (Fsp3) is 0.615. The summed E-state index contributed by atoms with van der Waals surface area (Å²) in [6, 6.07) is 1.71. The van der Waals surface area contributed by atoms with Gasteiger partial charge in [-0.2, -0.15) is 0 Å². The molecule has 0 aliphatic carbocycles. The van der Waals surface area contributed by atoms with E-state index in [1.54, 1.807) is 18.0 Å². The van der Waals surface area contributed by atoms with Crippen LogP contribution in [-0.4, -0.2) is 49.2 Å². The number of anilines is 1. The van der Waals surface area contributed by atoms with Crippen LogP contribution in [0.15, 0.2) is 10.6 Å². The van der Waals surface area contributed by atoms with Gasteiger partial charge >= 0.3 is 5.97 Å². The molecule has 0 unspecified atom stereocenters. The second kappa shape index (κ2) is 7.64. The van der Waals surface area contributed by atoms with E-state index in [0.717, 1.165) is 5.69 Å². The fourth-order valence-corrected chi connectivity index (χ4v) is 1.51. The van der Waals surface area contributed by atoms with Crippen LogP contribution in [0.1, 0.15) is 31.9 Å². The quantitative estimate of drug-likeness (QED) is 0.758. The smallest absolute Gasteiger partial charge is 0.306 e. The van der Waals surface area contributed by atoms with Crippen molar-refractivity contribution in [2.45, 2.75) is 26.2 Å². The number of hydrogen-bond acceptors (Lipinski definition) is 6. The molecule has 0 aromatic carbocycles. The van der Waals surface area contributed by atoms with Crippen LogP contribution in [-0.2, 0) is 14.3 Å². The number of likely N-dealkylation sites (N-methyl/N-ethyl adjacent to an activating group) is 1. The maximum atomic E-state index is 11.8. The number of nitrogens with one attached hydrogen (secondary N) is 1. The third-order valence-electron chi connectivity index (χ3n) is 2.72. The van der Waals surface area contributed by atoms with Crippen molar-refractivity contribution in [3.8, 4) is 0 Å². The van der Waals surface area contributed by atoms with Crippen LogP contribution in [0.4, 0.5) is 5.88 Å². The molecule has 0 atom stereocenters. The van der Waals surface area contributed by atoms with E-state index >= 15 is 0 Å². The van der Waals surface area contributed by atoms with Crippen molar-refractivity contribution in [1.29, 1.82) is 0 Å². The normalized spacial score (nSPS) is 10.9. The summed E-state index contributed by atoms with van der Waals surface area (Å²) in [6.07, 6.45) is 0.250. The Kier molecular flexibility index (Phi) is 6.17. The number of rotatable bonds is 7. The van der Waals surface area contributed by atoms with Gasteiger partial charge in [-0.05, 0) is 13.0 Å². The molecule has 1 amide bonds. The van der Waals surface area contributed by atoms with Gasteiger partial charge in [0.05, 0.1) is 25.8 Å². The van der Waals surface area contributed by atoms with E-state index in [2.05, 4.69) is 15.2 Å². The molecular formula is C13H21N3O4. The number of esters is 1. The first kappa shape index (κ1) is 16.2. The van der Waals surface area contributed by atoms with Crippen LogP contribution in [0.5, 0.6) is 0 Å². The van der Waals surface area contributed by atoms with Crippen molar-refractivity contribution in [3.63, 3.8) is 0 Å². The monoisotopic (exact) mass is 283 g/mol. The highest BCUT2D eigenvalue weighted by Crippen LogP contribution is 2.17. The number of hydrogen-bond donors (Lipinski definition) is 1.